The Labute approximate surface area is 131 Å². The number of hydrogen-bond donors (Lipinski definition) is 0. The van der Waals surface area contributed by atoms with Crippen molar-refractivity contribution >= 4 is 44.8 Å². The average molecular weight is 379 g/mol. The molecule has 6 nitrogen and oxygen atoms in total. The van der Waals surface area contributed by atoms with Crippen LogP contribution in [0, 0.1) is 10.1 Å². The van der Waals surface area contributed by atoms with E-state index in [0.717, 1.165) is 0 Å². The van der Waals surface area contributed by atoms with Crippen molar-refractivity contribution < 1.29 is 4.92 Å². The summed E-state index contributed by atoms with van der Waals surface area (Å²) in [6.45, 7) is -0.0293. The lowest BCUT2D eigenvalue weighted by Gasteiger charge is -2.07. The first-order valence-electron chi connectivity index (χ1n) is 5.23. The summed E-state index contributed by atoms with van der Waals surface area (Å²) < 4.78 is 1.31. The second-order valence-corrected chi connectivity index (χ2v) is 5.40. The third-order valence-corrected chi connectivity index (χ3v) is 3.98. The Bertz CT molecular complexity index is 748. The maximum atomic E-state index is 11.9. The van der Waals surface area contributed by atoms with E-state index in [2.05, 4.69) is 20.9 Å². The summed E-state index contributed by atoms with van der Waals surface area (Å²) in [4.78, 5) is 26.2. The van der Waals surface area contributed by atoms with Crippen molar-refractivity contribution in [2.45, 2.75) is 6.54 Å². The Morgan fingerprint density at radius 1 is 1.40 bits per heavy atom. The lowest BCUT2D eigenvalue weighted by Crippen LogP contribution is -2.22. The van der Waals surface area contributed by atoms with Crippen LogP contribution in [-0.4, -0.2) is 14.5 Å². The van der Waals surface area contributed by atoms with E-state index in [4.69, 9.17) is 23.2 Å². The van der Waals surface area contributed by atoms with Crippen molar-refractivity contribution in [2.75, 3.05) is 0 Å². The Kier molecular flexibility index (Phi) is 4.42. The van der Waals surface area contributed by atoms with E-state index in [9.17, 15) is 14.9 Å². The first kappa shape index (κ1) is 15.0. The molecular weight excluding hydrogens is 373 g/mol. The number of hydrogen-bond acceptors (Lipinski definition) is 4. The molecule has 0 radical (unpaired) electrons. The quantitative estimate of drug-likeness (QED) is 0.466. The van der Waals surface area contributed by atoms with Gasteiger partial charge in [-0.05, 0) is 28.1 Å². The largest absolute Gasteiger partial charge is 0.293 e. The van der Waals surface area contributed by atoms with Gasteiger partial charge in [0.2, 0.25) is 0 Å². The minimum Gasteiger partial charge on any atom is -0.293 e. The Morgan fingerprint density at radius 3 is 2.75 bits per heavy atom. The highest BCUT2D eigenvalue weighted by atomic mass is 79.9. The molecule has 20 heavy (non-hydrogen) atoms. The molecule has 9 heteroatoms. The Morgan fingerprint density at radius 2 is 2.10 bits per heavy atom. The maximum absolute atomic E-state index is 11.9. The molecule has 0 bridgehead atoms. The van der Waals surface area contributed by atoms with Crippen LogP contribution in [0.4, 0.5) is 5.69 Å². The Balaban J connectivity index is 2.50. The minimum atomic E-state index is -0.533. The molecule has 1 aromatic heterocycles. The zero-order valence-corrected chi connectivity index (χ0v) is 12.8. The number of nitro groups is 1. The van der Waals surface area contributed by atoms with E-state index < -0.39 is 10.5 Å². The van der Waals surface area contributed by atoms with Crippen molar-refractivity contribution in [3.05, 3.63) is 65.2 Å². The van der Waals surface area contributed by atoms with Gasteiger partial charge in [0.05, 0.1) is 23.4 Å². The van der Waals surface area contributed by atoms with Crippen molar-refractivity contribution in [1.29, 1.82) is 0 Å². The van der Waals surface area contributed by atoms with Gasteiger partial charge in [0.1, 0.15) is 4.47 Å². The topological polar surface area (TPSA) is 78.0 Å². The van der Waals surface area contributed by atoms with E-state index in [0.29, 0.717) is 10.6 Å². The molecule has 2 rings (SSSR count). The van der Waals surface area contributed by atoms with E-state index in [-0.39, 0.29) is 21.9 Å². The smallest absolute Gasteiger partial charge is 0.274 e. The van der Waals surface area contributed by atoms with Crippen molar-refractivity contribution in [3.8, 4) is 0 Å². The van der Waals surface area contributed by atoms with Gasteiger partial charge >= 0.3 is 0 Å². The van der Waals surface area contributed by atoms with Gasteiger partial charge in [-0.1, -0.05) is 23.2 Å². The second kappa shape index (κ2) is 5.90. The minimum absolute atomic E-state index is 0.0293. The number of aromatic nitrogens is 2. The predicted octanol–water partition coefficient (Wildman–Crippen LogP) is 3.27. The van der Waals surface area contributed by atoms with Gasteiger partial charge in [0.15, 0.2) is 5.15 Å². The molecular formula is C11H6BrCl2N3O3. The molecule has 0 saturated heterocycles. The monoisotopic (exact) mass is 377 g/mol. The van der Waals surface area contributed by atoms with E-state index >= 15 is 0 Å². The fourth-order valence-electron chi connectivity index (χ4n) is 1.60. The number of halogens is 3. The number of benzene rings is 1. The fraction of sp³-hybridized carbons (Fsp3) is 0.0909. The van der Waals surface area contributed by atoms with Crippen LogP contribution < -0.4 is 5.56 Å². The van der Waals surface area contributed by atoms with Crippen LogP contribution in [0.2, 0.25) is 10.2 Å². The fourth-order valence-corrected chi connectivity index (χ4v) is 2.25. The SMILES string of the molecule is O=c1c(Br)c(Cl)ncn1Cc1cc(Cl)ccc1[N+](=O)[O-]. The van der Waals surface area contributed by atoms with Gasteiger partial charge in [0.25, 0.3) is 11.2 Å². The normalized spacial score (nSPS) is 10.6. The molecule has 0 aliphatic carbocycles. The van der Waals surface area contributed by atoms with E-state index in [1.165, 1.54) is 29.1 Å². The van der Waals surface area contributed by atoms with Crippen molar-refractivity contribution in [1.82, 2.24) is 9.55 Å². The highest BCUT2D eigenvalue weighted by Crippen LogP contribution is 2.23. The summed E-state index contributed by atoms with van der Waals surface area (Å²) >= 11 is 14.5. The Hall–Kier alpha value is -1.44. The third-order valence-electron chi connectivity index (χ3n) is 2.52. The molecule has 1 aromatic carbocycles. The summed E-state index contributed by atoms with van der Waals surface area (Å²) in [5.74, 6) is 0. The average Bonchev–Trinajstić information content (AvgIpc) is 2.39. The molecule has 0 N–H and O–H groups in total. The van der Waals surface area contributed by atoms with Crippen LogP contribution in [-0.2, 0) is 6.54 Å². The molecule has 0 atom stereocenters. The third kappa shape index (κ3) is 3.00. The maximum Gasteiger partial charge on any atom is 0.274 e. The van der Waals surface area contributed by atoms with Crippen molar-refractivity contribution in [2.24, 2.45) is 0 Å². The molecule has 0 aliphatic heterocycles. The van der Waals surface area contributed by atoms with Crippen LogP contribution in [0.1, 0.15) is 5.56 Å². The molecule has 104 valence electrons. The summed E-state index contributed by atoms with van der Waals surface area (Å²) in [6, 6.07) is 4.15. The van der Waals surface area contributed by atoms with Gasteiger partial charge in [-0.25, -0.2) is 4.98 Å². The molecule has 0 saturated carbocycles. The lowest BCUT2D eigenvalue weighted by atomic mass is 10.2. The van der Waals surface area contributed by atoms with Gasteiger partial charge < -0.3 is 0 Å². The molecule has 0 unspecified atom stereocenters. The number of rotatable bonds is 3. The summed E-state index contributed by atoms with van der Waals surface area (Å²) in [7, 11) is 0. The van der Waals surface area contributed by atoms with Crippen LogP contribution in [0.25, 0.3) is 0 Å². The van der Waals surface area contributed by atoms with Crippen LogP contribution >= 0.6 is 39.1 Å². The number of nitrogens with zero attached hydrogens (tertiary/aromatic N) is 3. The first-order valence-corrected chi connectivity index (χ1v) is 6.78. The molecule has 0 aliphatic rings. The van der Waals surface area contributed by atoms with E-state index in [1.807, 2.05) is 0 Å². The van der Waals surface area contributed by atoms with Gasteiger partial charge in [-0.2, -0.15) is 0 Å². The summed E-state index contributed by atoms with van der Waals surface area (Å²) in [6.07, 6.45) is 1.22. The molecule has 0 spiro atoms. The predicted molar refractivity (Wildman–Crippen MR) is 78.4 cm³/mol. The molecule has 0 fully saturated rings. The first-order chi connectivity index (χ1) is 9.40. The van der Waals surface area contributed by atoms with E-state index in [1.54, 1.807) is 0 Å². The van der Waals surface area contributed by atoms with Crippen LogP contribution in [0.3, 0.4) is 0 Å². The van der Waals surface area contributed by atoms with Crippen LogP contribution in [0.15, 0.2) is 33.8 Å². The number of nitro benzene ring substituents is 1. The zero-order valence-electron chi connectivity index (χ0n) is 9.72. The lowest BCUT2D eigenvalue weighted by molar-refractivity contribution is -0.385. The van der Waals surface area contributed by atoms with Gasteiger partial charge in [-0.15, -0.1) is 0 Å². The molecule has 2 aromatic rings. The highest BCUT2D eigenvalue weighted by molar-refractivity contribution is 9.10. The standard InChI is InChI=1S/C11H6BrCl2N3O3/c12-9-10(14)15-5-16(11(9)18)4-6-3-7(13)1-2-8(6)17(19)20/h1-3,5H,4H2. The molecule has 1 heterocycles. The summed E-state index contributed by atoms with van der Waals surface area (Å²) in [5.41, 5.74) is -0.243. The van der Waals surface area contributed by atoms with Gasteiger partial charge in [-0.3, -0.25) is 19.5 Å². The van der Waals surface area contributed by atoms with Crippen molar-refractivity contribution in [3.63, 3.8) is 0 Å². The van der Waals surface area contributed by atoms with Gasteiger partial charge in [0, 0.05) is 11.1 Å². The molecule has 0 amide bonds. The second-order valence-electron chi connectivity index (χ2n) is 3.81. The zero-order chi connectivity index (χ0) is 14.9. The highest BCUT2D eigenvalue weighted by Gasteiger charge is 2.16. The summed E-state index contributed by atoms with van der Waals surface area (Å²) in [5, 5.41) is 11.3. The van der Waals surface area contributed by atoms with Crippen LogP contribution in [0.5, 0.6) is 0 Å².